The first-order valence-electron chi connectivity index (χ1n) is 3.51. The third-order valence-electron chi connectivity index (χ3n) is 1.54. The summed E-state index contributed by atoms with van der Waals surface area (Å²) in [5.41, 5.74) is 0. The fourth-order valence-electron chi connectivity index (χ4n) is 0.939. The van der Waals surface area contributed by atoms with E-state index in [1.165, 1.54) is 34.6 Å². The molecule has 1 rings (SSSR count). The Morgan fingerprint density at radius 1 is 1.20 bits per heavy atom. The van der Waals surface area contributed by atoms with Gasteiger partial charge in [-0.05, 0) is 41.6 Å². The predicted molar refractivity (Wildman–Crippen MR) is 52.5 cm³/mol. The monoisotopic (exact) mass is 264 g/mol. The Kier molecular flexibility index (Phi) is 3.71. The van der Waals surface area contributed by atoms with Gasteiger partial charge in [-0.15, -0.1) is 0 Å². The van der Waals surface area contributed by atoms with E-state index in [0.717, 1.165) is 0 Å². The third kappa shape index (κ3) is 2.59. The maximum atomic E-state index is 3.52. The van der Waals surface area contributed by atoms with Crippen LogP contribution in [-0.2, 0) is 0 Å². The van der Waals surface area contributed by atoms with E-state index >= 15 is 0 Å². The van der Waals surface area contributed by atoms with Gasteiger partial charge in [-0.1, -0.05) is 28.1 Å². The predicted octanol–water partition coefficient (Wildman–Crippen LogP) is 4.12. The molecule has 56 valence electrons. The van der Waals surface area contributed by atoms with E-state index in [2.05, 4.69) is 44.0 Å². The molecule has 0 fully saturated rings. The molecule has 0 amide bonds. The molecule has 0 radical (unpaired) electrons. The molecule has 0 saturated carbocycles. The molecule has 0 saturated heterocycles. The average Bonchev–Trinajstić information content (AvgIpc) is 1.92. The van der Waals surface area contributed by atoms with Crippen molar-refractivity contribution in [2.24, 2.45) is 0 Å². The van der Waals surface area contributed by atoms with E-state index in [9.17, 15) is 0 Å². The van der Waals surface area contributed by atoms with Crippen LogP contribution in [0, 0.1) is 0 Å². The molecular weight excluding hydrogens is 256 g/mol. The van der Waals surface area contributed by atoms with E-state index < -0.39 is 0 Å². The number of halogens is 2. The molecule has 0 aromatic carbocycles. The Morgan fingerprint density at radius 2 is 2.00 bits per heavy atom. The largest absolute Gasteiger partial charge is 0.0834 e. The molecule has 0 aliphatic heterocycles. The number of hydrogen-bond acceptors (Lipinski definition) is 0. The van der Waals surface area contributed by atoms with Crippen LogP contribution in [0.4, 0.5) is 0 Å². The lowest BCUT2D eigenvalue weighted by atomic mass is 10.1. The van der Waals surface area contributed by atoms with E-state index in [-0.39, 0.29) is 0 Å². The average molecular weight is 266 g/mol. The third-order valence-corrected chi connectivity index (χ3v) is 3.64. The lowest BCUT2D eigenvalue weighted by Gasteiger charge is -2.03. The highest BCUT2D eigenvalue weighted by Gasteiger charge is 1.99. The van der Waals surface area contributed by atoms with E-state index in [0.29, 0.717) is 0 Å². The van der Waals surface area contributed by atoms with E-state index in [1.54, 1.807) is 0 Å². The van der Waals surface area contributed by atoms with E-state index in [4.69, 9.17) is 0 Å². The summed E-state index contributed by atoms with van der Waals surface area (Å²) in [6.07, 6.45) is 9.33. The summed E-state index contributed by atoms with van der Waals surface area (Å²) in [7, 11) is 0. The molecule has 10 heavy (non-hydrogen) atoms. The van der Waals surface area contributed by atoms with Gasteiger partial charge in [0.2, 0.25) is 0 Å². The molecule has 0 aromatic rings. The van der Waals surface area contributed by atoms with Gasteiger partial charge in [0.1, 0.15) is 0 Å². The number of hydrogen-bond donors (Lipinski definition) is 0. The van der Waals surface area contributed by atoms with Crippen LogP contribution in [0.15, 0.2) is 21.1 Å². The van der Waals surface area contributed by atoms with Crippen LogP contribution >= 0.6 is 31.9 Å². The Morgan fingerprint density at radius 3 is 2.80 bits per heavy atom. The summed E-state index contributed by atoms with van der Waals surface area (Å²) in [6, 6.07) is 0. The van der Waals surface area contributed by atoms with Gasteiger partial charge in [0.05, 0.1) is 0 Å². The highest BCUT2D eigenvalue weighted by molar-refractivity contribution is 9.14. The van der Waals surface area contributed by atoms with Crippen molar-refractivity contribution in [3.63, 3.8) is 0 Å². The van der Waals surface area contributed by atoms with Crippen LogP contribution in [0.25, 0.3) is 0 Å². The van der Waals surface area contributed by atoms with Crippen LogP contribution < -0.4 is 0 Å². The Balaban J connectivity index is 2.67. The summed E-state index contributed by atoms with van der Waals surface area (Å²) in [6.45, 7) is 0. The first kappa shape index (κ1) is 8.54. The van der Waals surface area contributed by atoms with E-state index in [1.807, 2.05) is 0 Å². The molecule has 0 spiro atoms. The Bertz CT molecular complexity index is 168. The minimum absolute atomic E-state index is 1.17. The SMILES string of the molecule is BrC1=C(\Br)CCCC/C=C\1. The standard InChI is InChI=1S/C8H10Br2/c9-7-5-3-1-2-4-6-8(7)10/h3,5H,1-2,4,6H2/b5-3-,8-7-. The van der Waals surface area contributed by atoms with Crippen LogP contribution in [-0.4, -0.2) is 0 Å². The van der Waals surface area contributed by atoms with Crippen molar-refractivity contribution in [3.05, 3.63) is 21.1 Å². The Labute approximate surface area is 78.6 Å². The van der Waals surface area contributed by atoms with Crippen LogP contribution in [0.3, 0.4) is 0 Å². The zero-order valence-electron chi connectivity index (χ0n) is 5.74. The zero-order valence-corrected chi connectivity index (χ0v) is 8.91. The van der Waals surface area contributed by atoms with Crippen molar-refractivity contribution in [3.8, 4) is 0 Å². The first-order valence-corrected chi connectivity index (χ1v) is 5.10. The molecule has 0 aromatic heterocycles. The van der Waals surface area contributed by atoms with Gasteiger partial charge in [0, 0.05) is 8.96 Å². The van der Waals surface area contributed by atoms with Gasteiger partial charge >= 0.3 is 0 Å². The fraction of sp³-hybridized carbons (Fsp3) is 0.500. The zero-order chi connectivity index (χ0) is 7.40. The van der Waals surface area contributed by atoms with Crippen molar-refractivity contribution in [1.29, 1.82) is 0 Å². The first-order chi connectivity index (χ1) is 4.80. The normalized spacial score (nSPS) is 31.0. The summed E-state index contributed by atoms with van der Waals surface area (Å²) < 4.78 is 2.50. The van der Waals surface area contributed by atoms with Crippen LogP contribution in [0.5, 0.6) is 0 Å². The lowest BCUT2D eigenvalue weighted by Crippen LogP contribution is -1.82. The highest BCUT2D eigenvalue weighted by atomic mass is 79.9. The second-order valence-electron chi connectivity index (χ2n) is 2.40. The van der Waals surface area contributed by atoms with Crippen molar-refractivity contribution < 1.29 is 0 Å². The van der Waals surface area contributed by atoms with Gasteiger partial charge < -0.3 is 0 Å². The van der Waals surface area contributed by atoms with Gasteiger partial charge in [-0.25, -0.2) is 0 Å². The summed E-state index contributed by atoms with van der Waals surface area (Å²) in [5, 5.41) is 0. The molecule has 0 N–H and O–H groups in total. The summed E-state index contributed by atoms with van der Waals surface area (Å²) in [4.78, 5) is 0. The van der Waals surface area contributed by atoms with Gasteiger partial charge in [-0.2, -0.15) is 0 Å². The maximum absolute atomic E-state index is 3.52. The second kappa shape index (κ2) is 4.35. The smallest absolute Gasteiger partial charge is 0.0273 e. The Hall–Kier alpha value is 0.440. The highest BCUT2D eigenvalue weighted by Crippen LogP contribution is 2.26. The van der Waals surface area contributed by atoms with Crippen molar-refractivity contribution >= 4 is 31.9 Å². The molecule has 0 unspecified atom stereocenters. The summed E-state index contributed by atoms with van der Waals surface area (Å²) >= 11 is 7.00. The molecule has 1 aliphatic carbocycles. The van der Waals surface area contributed by atoms with Gasteiger partial charge in [0.25, 0.3) is 0 Å². The minimum atomic E-state index is 1.17. The molecule has 0 nitrogen and oxygen atoms in total. The topological polar surface area (TPSA) is 0 Å². The van der Waals surface area contributed by atoms with Crippen LogP contribution in [0.2, 0.25) is 0 Å². The molecule has 0 heterocycles. The maximum Gasteiger partial charge on any atom is 0.0273 e. The molecule has 1 aliphatic rings. The fourth-order valence-corrected chi connectivity index (χ4v) is 1.74. The summed E-state index contributed by atoms with van der Waals surface area (Å²) in [5.74, 6) is 0. The molecule has 2 heteroatoms. The lowest BCUT2D eigenvalue weighted by molar-refractivity contribution is 0.754. The molecule has 0 atom stereocenters. The van der Waals surface area contributed by atoms with Gasteiger partial charge in [-0.3, -0.25) is 0 Å². The van der Waals surface area contributed by atoms with Gasteiger partial charge in [0.15, 0.2) is 0 Å². The number of allylic oxidation sites excluding steroid dienone is 4. The van der Waals surface area contributed by atoms with Crippen LogP contribution in [0.1, 0.15) is 25.7 Å². The number of rotatable bonds is 0. The molecule has 0 bridgehead atoms. The quantitative estimate of drug-likeness (QED) is 0.618. The van der Waals surface area contributed by atoms with Crippen molar-refractivity contribution in [2.45, 2.75) is 25.7 Å². The second-order valence-corrected chi connectivity index (χ2v) is 4.21. The minimum Gasteiger partial charge on any atom is -0.0834 e. The molecular formula is C8H10Br2. The van der Waals surface area contributed by atoms with Crippen molar-refractivity contribution in [1.82, 2.24) is 0 Å². The van der Waals surface area contributed by atoms with Crippen molar-refractivity contribution in [2.75, 3.05) is 0 Å².